The number of rotatable bonds is 4. The fraction of sp³-hybridized carbons (Fsp3) is 0.533. The van der Waals surface area contributed by atoms with Gasteiger partial charge in [-0.15, -0.1) is 5.17 Å². The highest BCUT2D eigenvalue weighted by molar-refractivity contribution is 5.71. The molecule has 1 unspecified atom stereocenters. The highest BCUT2D eigenvalue weighted by atomic mass is 19.1. The third kappa shape index (κ3) is 3.55. The Morgan fingerprint density at radius 3 is 2.85 bits per heavy atom. The Kier molecular flexibility index (Phi) is 5.09. The van der Waals surface area contributed by atoms with Crippen LogP contribution in [-0.4, -0.2) is 28.7 Å². The van der Waals surface area contributed by atoms with E-state index in [0.717, 1.165) is 25.8 Å². The predicted octanol–water partition coefficient (Wildman–Crippen LogP) is 2.90. The van der Waals surface area contributed by atoms with Crippen molar-refractivity contribution >= 4 is 5.91 Å². The molecule has 1 aromatic carbocycles. The zero-order chi connectivity index (χ0) is 14.5. The second-order valence-corrected chi connectivity index (χ2v) is 5.16. The molecule has 1 atom stereocenters. The van der Waals surface area contributed by atoms with Crippen molar-refractivity contribution in [2.75, 3.05) is 6.54 Å². The van der Waals surface area contributed by atoms with E-state index in [2.05, 4.69) is 6.92 Å². The van der Waals surface area contributed by atoms with Crippen molar-refractivity contribution in [2.24, 2.45) is 0 Å². The van der Waals surface area contributed by atoms with Crippen molar-refractivity contribution in [2.45, 2.75) is 45.8 Å². The molecule has 1 fully saturated rings. The molecule has 2 rings (SSSR count). The number of hydrazine groups is 1. The molecule has 1 aromatic rings. The number of carbonyl (C=O) groups excluding carboxylic acids is 1. The lowest BCUT2D eigenvalue weighted by molar-refractivity contribution is -0.287. The summed E-state index contributed by atoms with van der Waals surface area (Å²) in [5.41, 5.74) is 0.448. The molecule has 1 aliphatic heterocycles. The second kappa shape index (κ2) is 6.81. The number of carbonyl (C=O) groups is 1. The van der Waals surface area contributed by atoms with Gasteiger partial charge in [0.05, 0.1) is 0 Å². The Bertz CT molecular complexity index is 467. The van der Waals surface area contributed by atoms with Crippen LogP contribution in [0.15, 0.2) is 24.3 Å². The molecule has 1 saturated heterocycles. The van der Waals surface area contributed by atoms with Crippen LogP contribution in [0, 0.1) is 5.82 Å². The fourth-order valence-electron chi connectivity index (χ4n) is 2.44. The van der Waals surface area contributed by atoms with Crippen LogP contribution >= 0.6 is 0 Å². The summed E-state index contributed by atoms with van der Waals surface area (Å²) in [7, 11) is 0. The summed E-state index contributed by atoms with van der Waals surface area (Å²) in [5.74, 6) is -0.502. The molecule has 0 bridgehead atoms. The van der Waals surface area contributed by atoms with Crippen molar-refractivity contribution in [3.8, 4) is 0 Å². The van der Waals surface area contributed by atoms with Crippen molar-refractivity contribution in [3.05, 3.63) is 35.6 Å². The third-order valence-corrected chi connectivity index (χ3v) is 3.57. The first-order valence-corrected chi connectivity index (χ1v) is 7.03. The molecule has 20 heavy (non-hydrogen) atoms. The van der Waals surface area contributed by atoms with Gasteiger partial charge in [-0.25, -0.2) is 4.39 Å². The monoisotopic (exact) mass is 280 g/mol. The number of hydrogen-bond acceptors (Lipinski definition) is 3. The van der Waals surface area contributed by atoms with Crippen LogP contribution < -0.4 is 0 Å². The second-order valence-electron chi connectivity index (χ2n) is 5.16. The lowest BCUT2D eigenvalue weighted by atomic mass is 10.1. The van der Waals surface area contributed by atoms with Gasteiger partial charge in [0.25, 0.3) is 5.91 Å². The van der Waals surface area contributed by atoms with E-state index in [1.165, 1.54) is 18.2 Å². The van der Waals surface area contributed by atoms with Crippen LogP contribution in [0.4, 0.5) is 4.39 Å². The van der Waals surface area contributed by atoms with E-state index in [0.29, 0.717) is 5.56 Å². The van der Waals surface area contributed by atoms with Gasteiger partial charge in [-0.1, -0.05) is 24.6 Å². The number of amides is 1. The molecule has 1 amide bonds. The fourth-order valence-corrected chi connectivity index (χ4v) is 2.44. The highest BCUT2D eigenvalue weighted by Gasteiger charge is 2.27. The van der Waals surface area contributed by atoms with Gasteiger partial charge in [-0.05, 0) is 25.8 Å². The van der Waals surface area contributed by atoms with Crippen LogP contribution in [0.5, 0.6) is 0 Å². The molecular weight excluding hydrogens is 259 g/mol. The average Bonchev–Trinajstić information content (AvgIpc) is 2.42. The highest BCUT2D eigenvalue weighted by Crippen LogP contribution is 2.20. The van der Waals surface area contributed by atoms with Gasteiger partial charge in [0, 0.05) is 25.1 Å². The molecule has 0 radical (unpaired) electrons. The first-order chi connectivity index (χ1) is 9.59. The molecule has 110 valence electrons. The normalized spacial score (nSPS) is 19.9. The average molecular weight is 280 g/mol. The van der Waals surface area contributed by atoms with Crippen LogP contribution in [0.1, 0.15) is 38.7 Å². The lowest BCUT2D eigenvalue weighted by Gasteiger charge is -2.39. The molecule has 1 aliphatic rings. The van der Waals surface area contributed by atoms with E-state index in [4.69, 9.17) is 4.84 Å². The summed E-state index contributed by atoms with van der Waals surface area (Å²) >= 11 is 0. The SMILES string of the molecule is CC(=O)N(OCc1ccccc1F)N1CCCCC1C. The Balaban J connectivity index is 2.03. The molecule has 1 heterocycles. The molecule has 0 aromatic heterocycles. The summed E-state index contributed by atoms with van der Waals surface area (Å²) in [6.07, 6.45) is 3.24. The topological polar surface area (TPSA) is 32.8 Å². The smallest absolute Gasteiger partial charge is 0.258 e. The van der Waals surface area contributed by atoms with E-state index in [-0.39, 0.29) is 24.4 Å². The molecule has 0 saturated carbocycles. The van der Waals surface area contributed by atoms with Gasteiger partial charge in [-0.3, -0.25) is 9.63 Å². The largest absolute Gasteiger partial charge is 0.271 e. The molecule has 0 N–H and O–H groups in total. The van der Waals surface area contributed by atoms with E-state index in [9.17, 15) is 9.18 Å². The van der Waals surface area contributed by atoms with Gasteiger partial charge in [0.1, 0.15) is 12.4 Å². The Labute approximate surface area is 119 Å². The summed E-state index contributed by atoms with van der Waals surface area (Å²) in [4.78, 5) is 17.3. The maximum Gasteiger partial charge on any atom is 0.258 e. The van der Waals surface area contributed by atoms with Crippen LogP contribution in [0.2, 0.25) is 0 Å². The van der Waals surface area contributed by atoms with Gasteiger partial charge < -0.3 is 0 Å². The van der Waals surface area contributed by atoms with Crippen LogP contribution in [0.3, 0.4) is 0 Å². The number of nitrogens with zero attached hydrogens (tertiary/aromatic N) is 2. The van der Waals surface area contributed by atoms with Crippen molar-refractivity contribution in [1.29, 1.82) is 0 Å². The maximum atomic E-state index is 13.6. The first-order valence-electron chi connectivity index (χ1n) is 7.03. The molecule has 4 nitrogen and oxygen atoms in total. The minimum absolute atomic E-state index is 0.0511. The summed E-state index contributed by atoms with van der Waals surface area (Å²) < 4.78 is 13.6. The zero-order valence-electron chi connectivity index (χ0n) is 12.0. The standard InChI is InChI=1S/C15H21FN2O2/c1-12-7-5-6-10-17(12)18(13(2)19)20-11-14-8-3-4-9-15(14)16/h3-4,8-9,12H,5-7,10-11H2,1-2H3. The molecule has 0 spiro atoms. The minimum atomic E-state index is -0.317. The predicted molar refractivity (Wildman–Crippen MR) is 73.7 cm³/mol. The zero-order valence-corrected chi connectivity index (χ0v) is 12.0. The summed E-state index contributed by atoms with van der Waals surface area (Å²) in [6.45, 7) is 4.37. The summed E-state index contributed by atoms with van der Waals surface area (Å²) in [5, 5.41) is 3.21. The Hall–Kier alpha value is -1.46. The van der Waals surface area contributed by atoms with Crippen LogP contribution in [-0.2, 0) is 16.2 Å². The van der Waals surface area contributed by atoms with Gasteiger partial charge in [-0.2, -0.15) is 5.01 Å². The molecule has 0 aliphatic carbocycles. The Morgan fingerprint density at radius 1 is 1.45 bits per heavy atom. The maximum absolute atomic E-state index is 13.6. The van der Waals surface area contributed by atoms with Gasteiger partial charge in [0.2, 0.25) is 0 Å². The third-order valence-electron chi connectivity index (χ3n) is 3.57. The van der Waals surface area contributed by atoms with Crippen molar-refractivity contribution in [3.63, 3.8) is 0 Å². The number of halogens is 1. The number of hydrogen-bond donors (Lipinski definition) is 0. The van der Waals surface area contributed by atoms with E-state index >= 15 is 0 Å². The number of hydroxylamine groups is 1. The number of piperidine rings is 1. The minimum Gasteiger partial charge on any atom is -0.271 e. The number of benzene rings is 1. The lowest BCUT2D eigenvalue weighted by Crippen LogP contribution is -2.51. The summed E-state index contributed by atoms with van der Waals surface area (Å²) in [6, 6.07) is 6.69. The van der Waals surface area contributed by atoms with E-state index < -0.39 is 0 Å². The van der Waals surface area contributed by atoms with Crippen molar-refractivity contribution in [1.82, 2.24) is 10.2 Å². The van der Waals surface area contributed by atoms with Gasteiger partial charge in [0.15, 0.2) is 0 Å². The quantitative estimate of drug-likeness (QED) is 0.795. The molecular formula is C15H21FN2O2. The Morgan fingerprint density at radius 2 is 2.20 bits per heavy atom. The van der Waals surface area contributed by atoms with Gasteiger partial charge >= 0.3 is 0 Å². The van der Waals surface area contributed by atoms with Crippen LogP contribution in [0.25, 0.3) is 0 Å². The van der Waals surface area contributed by atoms with E-state index in [1.54, 1.807) is 18.2 Å². The first kappa shape index (κ1) is 14.9. The molecule has 5 heteroatoms. The van der Waals surface area contributed by atoms with Crippen molar-refractivity contribution < 1.29 is 14.0 Å². The van der Waals surface area contributed by atoms with E-state index in [1.807, 2.05) is 5.01 Å².